The normalized spacial score (nSPS) is 19.0. The van der Waals surface area contributed by atoms with Crippen molar-refractivity contribution in [3.63, 3.8) is 0 Å². The van der Waals surface area contributed by atoms with Crippen LogP contribution in [0.25, 0.3) is 0 Å². The highest BCUT2D eigenvalue weighted by molar-refractivity contribution is 5.94. The highest BCUT2D eigenvalue weighted by Crippen LogP contribution is 2.48. The Morgan fingerprint density at radius 3 is 2.51 bits per heavy atom. The molecule has 3 atom stereocenters. The molecule has 2 aliphatic rings. The molecule has 1 amide bonds. The van der Waals surface area contributed by atoms with Gasteiger partial charge in [-0.15, -0.1) is 0 Å². The maximum Gasteiger partial charge on any atom is 0.254 e. The molecule has 1 aliphatic heterocycles. The number of aliphatic hydroxyl groups is 1. The largest absolute Gasteiger partial charge is 0.471 e. The van der Waals surface area contributed by atoms with Crippen LogP contribution in [-0.2, 0) is 12.8 Å². The molecule has 8 heteroatoms. The summed E-state index contributed by atoms with van der Waals surface area (Å²) in [5, 5.41) is 17.7. The van der Waals surface area contributed by atoms with Crippen LogP contribution >= 0.6 is 0 Å². The number of pyridine rings is 1. The number of nitrogens with one attached hydrogen (secondary N) is 2. The van der Waals surface area contributed by atoms with E-state index in [0.29, 0.717) is 5.88 Å². The fraction of sp³-hybridized carbons (Fsp3) is 0.455. The molecule has 1 saturated carbocycles. The molecule has 6 nitrogen and oxygen atoms in total. The summed E-state index contributed by atoms with van der Waals surface area (Å²) in [6.07, 6.45) is 5.79. The van der Waals surface area contributed by atoms with Crippen LogP contribution < -0.4 is 15.4 Å². The average molecular weight is 564 g/mol. The SMILES string of the molecule is CC(C)(C)Cc1cnc2c(c1)[C@@H](NC[C@H](O)[C@H](Cc1ccc(F)cc1)NC(=O)c1ccccc1F)CC1(CCC1)O2. The number of benzene rings is 2. The molecule has 3 N–H and O–H groups in total. The van der Waals surface area contributed by atoms with Crippen molar-refractivity contribution in [2.45, 2.75) is 83.1 Å². The third-order valence-electron chi connectivity index (χ3n) is 8.04. The van der Waals surface area contributed by atoms with E-state index in [0.717, 1.165) is 48.8 Å². The van der Waals surface area contributed by atoms with Crippen molar-refractivity contribution in [2.24, 2.45) is 5.41 Å². The molecular formula is C33H39F2N3O3. The highest BCUT2D eigenvalue weighted by Gasteiger charge is 2.46. The number of nitrogens with zero attached hydrogens (tertiary/aromatic N) is 1. The van der Waals surface area contributed by atoms with Gasteiger partial charge in [-0.1, -0.05) is 45.0 Å². The number of aromatic nitrogens is 1. The van der Waals surface area contributed by atoms with E-state index >= 15 is 0 Å². The van der Waals surface area contributed by atoms with Crippen molar-refractivity contribution >= 4 is 5.91 Å². The Bertz CT molecular complexity index is 1370. The zero-order chi connectivity index (χ0) is 29.2. The molecule has 1 aliphatic carbocycles. The minimum absolute atomic E-state index is 0.0881. The lowest BCUT2D eigenvalue weighted by molar-refractivity contribution is -0.0421. The van der Waals surface area contributed by atoms with Gasteiger partial charge in [0.25, 0.3) is 5.91 Å². The number of ether oxygens (including phenoxy) is 1. The van der Waals surface area contributed by atoms with Crippen LogP contribution in [0.5, 0.6) is 5.88 Å². The number of rotatable bonds is 9. The Labute approximate surface area is 240 Å². The van der Waals surface area contributed by atoms with Crippen LogP contribution in [0.15, 0.2) is 60.8 Å². The third kappa shape index (κ3) is 7.11. The van der Waals surface area contributed by atoms with E-state index in [1.165, 1.54) is 30.3 Å². The first kappa shape index (κ1) is 29.1. The van der Waals surface area contributed by atoms with Crippen LogP contribution in [0.1, 0.15) is 79.5 Å². The topological polar surface area (TPSA) is 83.5 Å². The third-order valence-corrected chi connectivity index (χ3v) is 8.04. The average Bonchev–Trinajstić information content (AvgIpc) is 2.90. The molecule has 0 bridgehead atoms. The molecule has 0 radical (unpaired) electrons. The molecule has 2 heterocycles. The molecule has 41 heavy (non-hydrogen) atoms. The molecule has 1 spiro atoms. The number of carbonyl (C=O) groups is 1. The lowest BCUT2D eigenvalue weighted by atomic mass is 9.73. The van der Waals surface area contributed by atoms with E-state index in [-0.39, 0.29) is 41.4 Å². The van der Waals surface area contributed by atoms with E-state index in [2.05, 4.69) is 42.5 Å². The summed E-state index contributed by atoms with van der Waals surface area (Å²) in [7, 11) is 0. The molecule has 5 rings (SSSR count). The van der Waals surface area contributed by atoms with Gasteiger partial charge in [-0.2, -0.15) is 0 Å². The van der Waals surface area contributed by atoms with Crippen molar-refractivity contribution in [3.05, 3.63) is 94.7 Å². The molecule has 1 aromatic heterocycles. The van der Waals surface area contributed by atoms with E-state index in [1.807, 2.05) is 6.20 Å². The van der Waals surface area contributed by atoms with E-state index < -0.39 is 23.9 Å². The first-order chi connectivity index (χ1) is 19.5. The number of hydrogen-bond donors (Lipinski definition) is 3. The van der Waals surface area contributed by atoms with Crippen molar-refractivity contribution in [1.82, 2.24) is 15.6 Å². The number of hydrogen-bond acceptors (Lipinski definition) is 5. The first-order valence-electron chi connectivity index (χ1n) is 14.4. The van der Waals surface area contributed by atoms with Gasteiger partial charge in [-0.3, -0.25) is 4.79 Å². The van der Waals surface area contributed by atoms with Crippen molar-refractivity contribution in [3.8, 4) is 5.88 Å². The zero-order valence-corrected chi connectivity index (χ0v) is 23.9. The van der Waals surface area contributed by atoms with Crippen molar-refractivity contribution < 1.29 is 23.4 Å². The fourth-order valence-corrected chi connectivity index (χ4v) is 5.80. The summed E-state index contributed by atoms with van der Waals surface area (Å²) in [5.74, 6) is -0.988. The molecule has 1 fully saturated rings. The maximum absolute atomic E-state index is 14.3. The predicted molar refractivity (Wildman–Crippen MR) is 154 cm³/mol. The molecule has 218 valence electrons. The predicted octanol–water partition coefficient (Wildman–Crippen LogP) is 5.69. The summed E-state index contributed by atoms with van der Waals surface area (Å²) < 4.78 is 34.3. The van der Waals surface area contributed by atoms with Gasteiger partial charge in [0, 0.05) is 30.8 Å². The standard InChI is InChI=1S/C33H39F2N3O3/c1-32(2,3)17-22-15-25-28(18-33(13-6-14-33)41-31(25)37-19-22)36-20-29(39)27(16-21-9-11-23(34)12-10-21)38-30(40)24-7-4-5-8-26(24)35/h4-5,7-12,15,19,27-29,36,39H,6,13-14,16-18,20H2,1-3H3,(H,38,40)/t27-,28-,29-/m0/s1. The Balaban J connectivity index is 1.35. The summed E-state index contributed by atoms with van der Waals surface area (Å²) in [5.41, 5.74) is 2.60. The van der Waals surface area contributed by atoms with E-state index in [9.17, 15) is 18.7 Å². The molecule has 2 aromatic carbocycles. The van der Waals surface area contributed by atoms with Gasteiger partial charge in [-0.25, -0.2) is 13.8 Å². The summed E-state index contributed by atoms with van der Waals surface area (Å²) in [6, 6.07) is 13.0. The second-order valence-electron chi connectivity index (χ2n) is 12.7. The van der Waals surface area contributed by atoms with Crippen molar-refractivity contribution in [2.75, 3.05) is 6.54 Å². The minimum Gasteiger partial charge on any atom is -0.471 e. The van der Waals surface area contributed by atoms with Gasteiger partial charge in [0.15, 0.2) is 0 Å². The zero-order valence-electron chi connectivity index (χ0n) is 23.9. The van der Waals surface area contributed by atoms with Gasteiger partial charge in [-0.05, 0) is 79.0 Å². The van der Waals surface area contributed by atoms with E-state index in [1.54, 1.807) is 18.2 Å². The number of carbonyl (C=O) groups excluding carboxylic acids is 1. The molecule has 0 unspecified atom stereocenters. The highest BCUT2D eigenvalue weighted by atomic mass is 19.1. The lowest BCUT2D eigenvalue weighted by Gasteiger charge is -2.47. The van der Waals surface area contributed by atoms with Crippen LogP contribution in [0.3, 0.4) is 0 Å². The molecular weight excluding hydrogens is 524 g/mol. The smallest absolute Gasteiger partial charge is 0.254 e. The van der Waals surface area contributed by atoms with Crippen LogP contribution in [0.4, 0.5) is 8.78 Å². The molecule has 3 aromatic rings. The summed E-state index contributed by atoms with van der Waals surface area (Å²) in [4.78, 5) is 17.7. The Morgan fingerprint density at radius 1 is 1.12 bits per heavy atom. The van der Waals surface area contributed by atoms with Gasteiger partial charge in [0.05, 0.1) is 17.7 Å². The quantitative estimate of drug-likeness (QED) is 0.312. The minimum atomic E-state index is -1.01. The second-order valence-corrected chi connectivity index (χ2v) is 12.7. The summed E-state index contributed by atoms with van der Waals surface area (Å²) in [6.45, 7) is 6.74. The van der Waals surface area contributed by atoms with Gasteiger partial charge in [0.2, 0.25) is 5.88 Å². The van der Waals surface area contributed by atoms with Gasteiger partial charge < -0.3 is 20.5 Å². The first-order valence-corrected chi connectivity index (χ1v) is 14.4. The van der Waals surface area contributed by atoms with Gasteiger partial charge >= 0.3 is 0 Å². The second kappa shape index (κ2) is 11.9. The summed E-state index contributed by atoms with van der Waals surface area (Å²) >= 11 is 0. The monoisotopic (exact) mass is 563 g/mol. The van der Waals surface area contributed by atoms with Gasteiger partial charge in [0.1, 0.15) is 17.2 Å². The number of halogens is 2. The maximum atomic E-state index is 14.3. The van der Waals surface area contributed by atoms with E-state index in [4.69, 9.17) is 4.74 Å². The number of aliphatic hydroxyl groups excluding tert-OH is 1. The van der Waals surface area contributed by atoms with Crippen molar-refractivity contribution in [1.29, 1.82) is 0 Å². The van der Waals surface area contributed by atoms with Crippen LogP contribution in [-0.4, -0.2) is 40.3 Å². The lowest BCUT2D eigenvalue weighted by Crippen LogP contribution is -2.52. The Kier molecular flexibility index (Phi) is 8.43. The fourth-order valence-electron chi connectivity index (χ4n) is 5.80. The number of fused-ring (bicyclic) bond motifs is 1. The number of amides is 1. The molecule has 0 saturated heterocycles. The van der Waals surface area contributed by atoms with Crippen LogP contribution in [0, 0.1) is 17.0 Å². The Morgan fingerprint density at radius 2 is 1.85 bits per heavy atom. The Hall–Kier alpha value is -3.36. The van der Waals surface area contributed by atoms with Crippen LogP contribution in [0.2, 0.25) is 0 Å².